The Morgan fingerprint density at radius 2 is 2.09 bits per heavy atom. The van der Waals surface area contributed by atoms with E-state index in [1.807, 2.05) is 19.1 Å². The molecule has 0 bridgehead atoms. The zero-order valence-corrected chi connectivity index (χ0v) is 20.0. The lowest BCUT2D eigenvalue weighted by atomic mass is 10.2. The molecule has 11 heteroatoms. The SMILES string of the molecule is C=N/C(=C\C(=NCC(=O)NCc1ccc(Cl)cc1Cl)NNCc1cccnc1)n1ccnc1C. The number of hydrogen-bond donors (Lipinski definition) is 3. The van der Waals surface area contributed by atoms with E-state index in [1.54, 1.807) is 53.6 Å². The predicted molar refractivity (Wildman–Crippen MR) is 136 cm³/mol. The maximum Gasteiger partial charge on any atom is 0.242 e. The van der Waals surface area contributed by atoms with Crippen molar-refractivity contribution in [2.45, 2.75) is 20.0 Å². The van der Waals surface area contributed by atoms with Crippen LogP contribution >= 0.6 is 23.2 Å². The molecule has 1 aromatic carbocycles. The van der Waals surface area contributed by atoms with Gasteiger partial charge in [-0.15, -0.1) is 0 Å². The molecule has 0 unspecified atom stereocenters. The molecule has 0 atom stereocenters. The Bertz CT molecular complexity index is 1190. The highest BCUT2D eigenvalue weighted by atomic mass is 35.5. The van der Waals surface area contributed by atoms with Crippen molar-refractivity contribution in [1.29, 1.82) is 0 Å². The van der Waals surface area contributed by atoms with E-state index >= 15 is 0 Å². The number of hydrazine groups is 1. The van der Waals surface area contributed by atoms with Crippen molar-refractivity contribution in [1.82, 2.24) is 30.7 Å². The van der Waals surface area contributed by atoms with Crippen LogP contribution in [0.3, 0.4) is 0 Å². The lowest BCUT2D eigenvalue weighted by Gasteiger charge is -2.11. The first-order chi connectivity index (χ1) is 16.5. The van der Waals surface area contributed by atoms with E-state index in [-0.39, 0.29) is 19.0 Å². The molecule has 3 N–H and O–H groups in total. The van der Waals surface area contributed by atoms with Gasteiger partial charge in [0.2, 0.25) is 5.91 Å². The van der Waals surface area contributed by atoms with E-state index in [1.165, 1.54) is 0 Å². The maximum atomic E-state index is 12.4. The third-order valence-corrected chi connectivity index (χ3v) is 5.20. The molecule has 0 aliphatic heterocycles. The Balaban J connectivity index is 1.69. The summed E-state index contributed by atoms with van der Waals surface area (Å²) in [5, 5.41) is 3.82. The van der Waals surface area contributed by atoms with Crippen molar-refractivity contribution in [2.24, 2.45) is 9.98 Å². The summed E-state index contributed by atoms with van der Waals surface area (Å²) in [6.07, 6.45) is 8.55. The summed E-state index contributed by atoms with van der Waals surface area (Å²) in [4.78, 5) is 29.2. The third kappa shape index (κ3) is 7.51. The standard InChI is InChI=1S/C23H24Cl2N8O/c1-16-28-8-9-33(16)22(26-2)11-21(32-31-13-17-4-3-7-27-12-17)29-15-23(34)30-14-18-5-6-19(24)10-20(18)25/h3-12,31H,2,13-15H2,1H3,(H,29,32)(H,30,34)/b22-11+. The van der Waals surface area contributed by atoms with Crippen LogP contribution in [0.25, 0.3) is 5.82 Å². The Hall–Kier alpha value is -3.53. The lowest BCUT2D eigenvalue weighted by Crippen LogP contribution is -2.37. The minimum absolute atomic E-state index is 0.119. The van der Waals surface area contributed by atoms with Gasteiger partial charge in [-0.2, -0.15) is 0 Å². The smallest absolute Gasteiger partial charge is 0.242 e. The summed E-state index contributed by atoms with van der Waals surface area (Å²) in [5.74, 6) is 1.34. The molecule has 34 heavy (non-hydrogen) atoms. The molecule has 0 aliphatic carbocycles. The van der Waals surface area contributed by atoms with Gasteiger partial charge in [0.15, 0.2) is 0 Å². The van der Waals surface area contributed by atoms with E-state index in [0.717, 1.165) is 17.0 Å². The van der Waals surface area contributed by atoms with Gasteiger partial charge in [0.1, 0.15) is 24.0 Å². The Morgan fingerprint density at radius 3 is 2.76 bits per heavy atom. The minimum atomic E-state index is -0.280. The van der Waals surface area contributed by atoms with E-state index in [4.69, 9.17) is 23.2 Å². The molecule has 0 saturated heterocycles. The molecule has 0 fully saturated rings. The van der Waals surface area contributed by atoms with Gasteiger partial charge < -0.3 is 10.7 Å². The van der Waals surface area contributed by atoms with Crippen LogP contribution in [-0.2, 0) is 17.9 Å². The zero-order valence-electron chi connectivity index (χ0n) is 18.5. The fraction of sp³-hybridized carbons (Fsp3) is 0.174. The second kappa shape index (κ2) is 12.6. The van der Waals surface area contributed by atoms with Crippen LogP contribution in [0.4, 0.5) is 0 Å². The molecule has 0 aliphatic rings. The highest BCUT2D eigenvalue weighted by Crippen LogP contribution is 2.20. The first kappa shape index (κ1) is 25.1. The Kier molecular flexibility index (Phi) is 9.33. The molecule has 2 heterocycles. The summed E-state index contributed by atoms with van der Waals surface area (Å²) >= 11 is 12.1. The second-order valence-corrected chi connectivity index (χ2v) is 7.90. The lowest BCUT2D eigenvalue weighted by molar-refractivity contribution is -0.119. The highest BCUT2D eigenvalue weighted by molar-refractivity contribution is 6.35. The van der Waals surface area contributed by atoms with Gasteiger partial charge in [0, 0.05) is 54.0 Å². The van der Waals surface area contributed by atoms with Gasteiger partial charge in [0.05, 0.1) is 0 Å². The van der Waals surface area contributed by atoms with Gasteiger partial charge in [-0.3, -0.25) is 19.3 Å². The number of nitrogens with one attached hydrogen (secondary N) is 3. The van der Waals surface area contributed by atoms with E-state index in [9.17, 15) is 4.79 Å². The van der Waals surface area contributed by atoms with E-state index < -0.39 is 0 Å². The monoisotopic (exact) mass is 498 g/mol. The predicted octanol–water partition coefficient (Wildman–Crippen LogP) is 3.40. The van der Waals surface area contributed by atoms with Gasteiger partial charge in [0.25, 0.3) is 0 Å². The molecule has 0 radical (unpaired) electrons. The highest BCUT2D eigenvalue weighted by Gasteiger charge is 2.07. The first-order valence-electron chi connectivity index (χ1n) is 10.3. The largest absolute Gasteiger partial charge is 0.350 e. The number of amides is 1. The van der Waals surface area contributed by atoms with Crippen LogP contribution in [0, 0.1) is 6.92 Å². The molecule has 176 valence electrons. The van der Waals surface area contributed by atoms with Crippen LogP contribution in [0.5, 0.6) is 0 Å². The molecule has 3 aromatic rings. The quantitative estimate of drug-likeness (QED) is 0.225. The van der Waals surface area contributed by atoms with Gasteiger partial charge in [-0.05, 0) is 43.0 Å². The number of benzene rings is 1. The van der Waals surface area contributed by atoms with Gasteiger partial charge in [-0.1, -0.05) is 35.3 Å². The number of aliphatic imine (C=N–C) groups is 2. The van der Waals surface area contributed by atoms with E-state index in [0.29, 0.717) is 28.2 Å². The number of hydrogen-bond acceptors (Lipinski definition) is 6. The molecule has 1 amide bonds. The molecular formula is C23H24Cl2N8O. The average molecular weight is 499 g/mol. The topological polar surface area (TPSA) is 109 Å². The Labute approximate surface area is 207 Å². The van der Waals surface area contributed by atoms with Crippen LogP contribution in [0.15, 0.2) is 71.2 Å². The van der Waals surface area contributed by atoms with Crippen molar-refractivity contribution < 1.29 is 4.79 Å². The average Bonchev–Trinajstić information content (AvgIpc) is 3.26. The summed E-state index contributed by atoms with van der Waals surface area (Å²) in [5.41, 5.74) is 7.82. The van der Waals surface area contributed by atoms with Crippen molar-refractivity contribution in [3.05, 3.63) is 88.2 Å². The number of carbonyl (C=O) groups excluding carboxylic acids is 1. The number of halogens is 2. The number of carbonyl (C=O) groups is 1. The van der Waals surface area contributed by atoms with Crippen LogP contribution in [0.2, 0.25) is 10.0 Å². The van der Waals surface area contributed by atoms with Gasteiger partial charge >= 0.3 is 0 Å². The number of nitrogens with zero attached hydrogens (tertiary/aromatic N) is 5. The molecule has 9 nitrogen and oxygen atoms in total. The van der Waals surface area contributed by atoms with Crippen LogP contribution in [0.1, 0.15) is 17.0 Å². The number of rotatable bonds is 10. The summed E-state index contributed by atoms with van der Waals surface area (Å²) in [6.45, 7) is 6.11. The molecule has 3 rings (SSSR count). The van der Waals surface area contributed by atoms with E-state index in [2.05, 4.69) is 42.8 Å². The zero-order chi connectivity index (χ0) is 24.3. The molecule has 2 aromatic heterocycles. The number of aromatic nitrogens is 3. The number of aryl methyl sites for hydroxylation is 1. The second-order valence-electron chi connectivity index (χ2n) is 7.06. The molecule has 0 spiro atoms. The normalized spacial score (nSPS) is 11.9. The Morgan fingerprint density at radius 1 is 1.24 bits per heavy atom. The fourth-order valence-electron chi connectivity index (χ4n) is 2.87. The fourth-order valence-corrected chi connectivity index (χ4v) is 3.34. The summed E-state index contributed by atoms with van der Waals surface area (Å²) in [6, 6.07) is 8.91. The number of imidazole rings is 1. The molecular weight excluding hydrogens is 475 g/mol. The number of pyridine rings is 1. The summed E-state index contributed by atoms with van der Waals surface area (Å²) < 4.78 is 1.76. The molecule has 0 saturated carbocycles. The van der Waals surface area contributed by atoms with Crippen LogP contribution < -0.4 is 16.2 Å². The number of amidine groups is 1. The van der Waals surface area contributed by atoms with Gasteiger partial charge in [-0.25, -0.2) is 15.4 Å². The van der Waals surface area contributed by atoms with Crippen molar-refractivity contribution >= 4 is 47.5 Å². The first-order valence-corrected chi connectivity index (χ1v) is 11.0. The van der Waals surface area contributed by atoms with Crippen LogP contribution in [-0.4, -0.2) is 39.5 Å². The minimum Gasteiger partial charge on any atom is -0.350 e. The maximum absolute atomic E-state index is 12.4. The summed E-state index contributed by atoms with van der Waals surface area (Å²) in [7, 11) is 0. The third-order valence-electron chi connectivity index (χ3n) is 4.62. The van der Waals surface area contributed by atoms with Crippen molar-refractivity contribution in [3.63, 3.8) is 0 Å². The van der Waals surface area contributed by atoms with Crippen molar-refractivity contribution in [3.8, 4) is 0 Å². The van der Waals surface area contributed by atoms with Crippen molar-refractivity contribution in [2.75, 3.05) is 6.54 Å².